The third kappa shape index (κ3) is 1.26. The molecule has 3 nitrogen and oxygen atoms in total. The molecule has 0 fully saturated rings. The van der Waals surface area contributed by atoms with E-state index in [4.69, 9.17) is 5.11 Å². The van der Waals surface area contributed by atoms with Gasteiger partial charge in [-0.3, -0.25) is 0 Å². The Morgan fingerprint density at radius 3 is 2.75 bits per heavy atom. The Kier molecular flexibility index (Phi) is 2.30. The van der Waals surface area contributed by atoms with Crippen molar-refractivity contribution in [2.75, 3.05) is 0 Å². The molecule has 0 radical (unpaired) electrons. The Hall–Kier alpha value is -1.13. The second-order valence-electron chi connectivity index (χ2n) is 2.25. The van der Waals surface area contributed by atoms with Crippen LogP contribution in [-0.2, 0) is 10.4 Å². The second kappa shape index (κ2) is 3.08. The molecule has 0 amide bonds. The molecule has 1 aromatic rings. The van der Waals surface area contributed by atoms with Gasteiger partial charge in [0.15, 0.2) is 0 Å². The van der Waals surface area contributed by atoms with Gasteiger partial charge in [-0.05, 0) is 17.5 Å². The van der Waals surface area contributed by atoms with Gasteiger partial charge in [0.1, 0.15) is 0 Å². The van der Waals surface area contributed by atoms with Crippen LogP contribution in [0.5, 0.6) is 0 Å². The standard InChI is InChI=1S/C8H8O3S/c1-2-8(11,7(9)10)6-4-3-5-12-6/h2-5,11H,1H2,(H,9,10). The zero-order valence-electron chi connectivity index (χ0n) is 6.23. The predicted molar refractivity (Wildman–Crippen MR) is 46.0 cm³/mol. The van der Waals surface area contributed by atoms with Crippen LogP contribution in [0.25, 0.3) is 0 Å². The maximum atomic E-state index is 10.6. The Morgan fingerprint density at radius 2 is 2.42 bits per heavy atom. The smallest absolute Gasteiger partial charge is 0.345 e. The lowest BCUT2D eigenvalue weighted by atomic mass is 10.0. The summed E-state index contributed by atoms with van der Waals surface area (Å²) >= 11 is 1.18. The van der Waals surface area contributed by atoms with Crippen LogP contribution in [0.1, 0.15) is 4.88 Å². The summed E-state index contributed by atoms with van der Waals surface area (Å²) in [5.74, 6) is -1.31. The average Bonchev–Trinajstić information content (AvgIpc) is 2.54. The lowest BCUT2D eigenvalue weighted by molar-refractivity contribution is -0.154. The van der Waals surface area contributed by atoms with Gasteiger partial charge in [0.25, 0.3) is 0 Å². The molecule has 1 aromatic heterocycles. The third-order valence-corrected chi connectivity index (χ3v) is 2.51. The van der Waals surface area contributed by atoms with Gasteiger partial charge in [-0.2, -0.15) is 0 Å². The van der Waals surface area contributed by atoms with Crippen molar-refractivity contribution < 1.29 is 15.0 Å². The van der Waals surface area contributed by atoms with Crippen molar-refractivity contribution in [1.82, 2.24) is 0 Å². The van der Waals surface area contributed by atoms with Crippen LogP contribution in [0.4, 0.5) is 0 Å². The fourth-order valence-electron chi connectivity index (χ4n) is 0.789. The van der Waals surface area contributed by atoms with Crippen LogP contribution in [0.3, 0.4) is 0 Å². The molecule has 4 heteroatoms. The first-order valence-electron chi connectivity index (χ1n) is 3.24. The molecule has 1 heterocycles. The summed E-state index contributed by atoms with van der Waals surface area (Å²) in [5, 5.41) is 19.9. The van der Waals surface area contributed by atoms with Crippen LogP contribution >= 0.6 is 11.3 Å². The first kappa shape index (κ1) is 8.96. The molecule has 1 rings (SSSR count). The van der Waals surface area contributed by atoms with Crippen molar-refractivity contribution in [2.45, 2.75) is 5.60 Å². The van der Waals surface area contributed by atoms with Crippen molar-refractivity contribution >= 4 is 17.3 Å². The van der Waals surface area contributed by atoms with Gasteiger partial charge in [-0.15, -0.1) is 11.3 Å². The molecule has 0 saturated heterocycles. The molecule has 0 aliphatic carbocycles. The highest BCUT2D eigenvalue weighted by atomic mass is 32.1. The normalized spacial score (nSPS) is 15.1. The Bertz CT molecular complexity index is 291. The zero-order chi connectivity index (χ0) is 9.19. The first-order valence-corrected chi connectivity index (χ1v) is 4.12. The van der Waals surface area contributed by atoms with Gasteiger partial charge in [0, 0.05) is 0 Å². The monoisotopic (exact) mass is 184 g/mol. The van der Waals surface area contributed by atoms with E-state index in [1.54, 1.807) is 17.5 Å². The van der Waals surface area contributed by atoms with E-state index in [0.29, 0.717) is 4.88 Å². The minimum absolute atomic E-state index is 0.366. The minimum Gasteiger partial charge on any atom is -0.479 e. The molecular weight excluding hydrogens is 176 g/mol. The first-order chi connectivity index (χ1) is 5.61. The van der Waals surface area contributed by atoms with Crippen LogP contribution in [0.2, 0.25) is 0 Å². The third-order valence-electron chi connectivity index (χ3n) is 1.52. The van der Waals surface area contributed by atoms with E-state index in [1.807, 2.05) is 0 Å². The van der Waals surface area contributed by atoms with E-state index >= 15 is 0 Å². The highest BCUT2D eigenvalue weighted by Gasteiger charge is 2.35. The highest BCUT2D eigenvalue weighted by Crippen LogP contribution is 2.26. The van der Waals surface area contributed by atoms with E-state index < -0.39 is 11.6 Å². The van der Waals surface area contributed by atoms with E-state index in [1.165, 1.54) is 11.3 Å². The maximum absolute atomic E-state index is 10.6. The van der Waals surface area contributed by atoms with Gasteiger partial charge in [-0.1, -0.05) is 12.6 Å². The molecule has 0 aliphatic heterocycles. The van der Waals surface area contributed by atoms with Gasteiger partial charge in [-0.25, -0.2) is 4.79 Å². The summed E-state index contributed by atoms with van der Waals surface area (Å²) in [6, 6.07) is 3.23. The summed E-state index contributed by atoms with van der Waals surface area (Å²) < 4.78 is 0. The molecule has 64 valence electrons. The maximum Gasteiger partial charge on any atom is 0.345 e. The van der Waals surface area contributed by atoms with Crippen molar-refractivity contribution in [3.05, 3.63) is 35.0 Å². The molecule has 2 N–H and O–H groups in total. The van der Waals surface area contributed by atoms with E-state index in [2.05, 4.69) is 6.58 Å². The predicted octanol–water partition coefficient (Wildman–Crippen LogP) is 1.21. The molecule has 0 saturated carbocycles. The van der Waals surface area contributed by atoms with Crippen LogP contribution < -0.4 is 0 Å². The fourth-order valence-corrected chi connectivity index (χ4v) is 1.60. The van der Waals surface area contributed by atoms with Gasteiger partial charge in [0.2, 0.25) is 5.60 Å². The lowest BCUT2D eigenvalue weighted by Crippen LogP contribution is -2.31. The molecular formula is C8H8O3S. The number of hydrogen-bond donors (Lipinski definition) is 2. The van der Waals surface area contributed by atoms with Crippen molar-refractivity contribution in [2.24, 2.45) is 0 Å². The lowest BCUT2D eigenvalue weighted by Gasteiger charge is -2.16. The second-order valence-corrected chi connectivity index (χ2v) is 3.20. The molecule has 0 aromatic carbocycles. The number of carboxylic acids is 1. The Labute approximate surface area is 73.6 Å². The molecule has 1 unspecified atom stereocenters. The van der Waals surface area contributed by atoms with Crippen LogP contribution in [0, 0.1) is 0 Å². The average molecular weight is 184 g/mol. The number of aliphatic carboxylic acids is 1. The highest BCUT2D eigenvalue weighted by molar-refractivity contribution is 7.10. The van der Waals surface area contributed by atoms with Crippen molar-refractivity contribution in [3.8, 4) is 0 Å². The molecule has 0 aliphatic rings. The molecule has 0 bridgehead atoms. The summed E-state index contributed by atoms with van der Waals surface area (Å²) in [5.41, 5.74) is -1.94. The van der Waals surface area contributed by atoms with E-state index in [-0.39, 0.29) is 0 Å². The Morgan fingerprint density at radius 1 is 1.75 bits per heavy atom. The summed E-state index contributed by atoms with van der Waals surface area (Å²) in [4.78, 5) is 11.0. The van der Waals surface area contributed by atoms with E-state index in [9.17, 15) is 9.90 Å². The molecule has 12 heavy (non-hydrogen) atoms. The molecule has 1 atom stereocenters. The SMILES string of the molecule is C=CC(O)(C(=O)O)c1cccs1. The zero-order valence-corrected chi connectivity index (χ0v) is 7.04. The Balaban J connectivity index is 3.12. The number of thiophene rings is 1. The van der Waals surface area contributed by atoms with Crippen LogP contribution in [0.15, 0.2) is 30.2 Å². The quantitative estimate of drug-likeness (QED) is 0.694. The summed E-state index contributed by atoms with van der Waals surface area (Å²) in [6.07, 6.45) is 1.02. The van der Waals surface area contributed by atoms with Gasteiger partial charge in [0.05, 0.1) is 4.88 Å². The van der Waals surface area contributed by atoms with Crippen molar-refractivity contribution in [3.63, 3.8) is 0 Å². The van der Waals surface area contributed by atoms with Crippen molar-refractivity contribution in [1.29, 1.82) is 0 Å². The summed E-state index contributed by atoms with van der Waals surface area (Å²) in [7, 11) is 0. The fraction of sp³-hybridized carbons (Fsp3) is 0.125. The number of carbonyl (C=O) groups is 1. The van der Waals surface area contributed by atoms with Crippen LogP contribution in [-0.4, -0.2) is 16.2 Å². The van der Waals surface area contributed by atoms with E-state index in [0.717, 1.165) is 6.08 Å². The van der Waals surface area contributed by atoms with Gasteiger partial charge < -0.3 is 10.2 Å². The number of rotatable bonds is 3. The number of aliphatic hydroxyl groups is 1. The number of carboxylic acid groups (broad SMARTS) is 1. The minimum atomic E-state index is -1.94. The largest absolute Gasteiger partial charge is 0.479 e. The number of hydrogen-bond acceptors (Lipinski definition) is 3. The van der Waals surface area contributed by atoms with Gasteiger partial charge >= 0.3 is 5.97 Å². The summed E-state index contributed by atoms with van der Waals surface area (Å²) in [6.45, 7) is 3.29. The topological polar surface area (TPSA) is 57.5 Å². The molecule has 0 spiro atoms.